The zero-order valence-corrected chi connectivity index (χ0v) is 14.4. The van der Waals surface area contributed by atoms with E-state index in [0.717, 1.165) is 24.2 Å². The molecule has 5 nitrogen and oxygen atoms in total. The van der Waals surface area contributed by atoms with Crippen molar-refractivity contribution in [2.75, 3.05) is 12.1 Å². The van der Waals surface area contributed by atoms with Crippen LogP contribution in [0.3, 0.4) is 0 Å². The van der Waals surface area contributed by atoms with E-state index in [4.69, 9.17) is 14.2 Å². The highest BCUT2D eigenvalue weighted by Gasteiger charge is 2.51. The van der Waals surface area contributed by atoms with Crippen molar-refractivity contribution >= 4 is 11.6 Å². The first-order chi connectivity index (χ1) is 12.1. The van der Waals surface area contributed by atoms with Gasteiger partial charge in [-0.2, -0.15) is 0 Å². The van der Waals surface area contributed by atoms with E-state index >= 15 is 0 Å². The van der Waals surface area contributed by atoms with Crippen LogP contribution < -0.4 is 19.5 Å². The van der Waals surface area contributed by atoms with Crippen LogP contribution in [0.15, 0.2) is 42.5 Å². The first kappa shape index (κ1) is 15.8. The monoisotopic (exact) mass is 339 g/mol. The third kappa shape index (κ3) is 2.90. The molecule has 0 unspecified atom stereocenters. The van der Waals surface area contributed by atoms with Gasteiger partial charge in [-0.3, -0.25) is 4.79 Å². The number of rotatable bonds is 5. The van der Waals surface area contributed by atoms with E-state index in [1.807, 2.05) is 56.3 Å². The van der Waals surface area contributed by atoms with E-state index in [9.17, 15) is 4.79 Å². The van der Waals surface area contributed by atoms with E-state index in [1.165, 1.54) is 0 Å². The van der Waals surface area contributed by atoms with E-state index < -0.39 is 5.41 Å². The smallest absolute Gasteiger partial charge is 0.235 e. The molecule has 4 rings (SSSR count). The Bertz CT molecular complexity index is 811. The lowest BCUT2D eigenvalue weighted by Gasteiger charge is -2.19. The molecule has 0 saturated heterocycles. The van der Waals surface area contributed by atoms with Crippen molar-refractivity contribution < 1.29 is 19.0 Å². The number of ether oxygens (including phenoxy) is 3. The zero-order valence-electron chi connectivity index (χ0n) is 14.4. The maximum atomic E-state index is 13.0. The van der Waals surface area contributed by atoms with Crippen molar-refractivity contribution in [1.82, 2.24) is 0 Å². The van der Waals surface area contributed by atoms with Crippen molar-refractivity contribution in [2.45, 2.75) is 38.2 Å². The van der Waals surface area contributed by atoms with E-state index in [2.05, 4.69) is 5.32 Å². The number of carbonyl (C=O) groups is 1. The second-order valence-corrected chi connectivity index (χ2v) is 6.77. The Hall–Kier alpha value is -2.69. The lowest BCUT2D eigenvalue weighted by Crippen LogP contribution is -2.28. The molecule has 0 radical (unpaired) electrons. The fourth-order valence-corrected chi connectivity index (χ4v) is 3.13. The van der Waals surface area contributed by atoms with Crippen LogP contribution in [-0.2, 0) is 10.2 Å². The highest BCUT2D eigenvalue weighted by atomic mass is 16.7. The average molecular weight is 339 g/mol. The van der Waals surface area contributed by atoms with Crippen LogP contribution in [0.5, 0.6) is 17.2 Å². The molecule has 2 aromatic rings. The Morgan fingerprint density at radius 2 is 1.88 bits per heavy atom. The molecule has 1 N–H and O–H groups in total. The topological polar surface area (TPSA) is 56.8 Å². The molecule has 2 aromatic carbocycles. The van der Waals surface area contributed by atoms with Gasteiger partial charge < -0.3 is 19.5 Å². The Kier molecular flexibility index (Phi) is 3.79. The number of benzene rings is 2. The summed E-state index contributed by atoms with van der Waals surface area (Å²) in [5.74, 6) is 2.12. The van der Waals surface area contributed by atoms with Crippen molar-refractivity contribution in [3.05, 3.63) is 48.0 Å². The summed E-state index contributed by atoms with van der Waals surface area (Å²) in [6, 6.07) is 13.3. The van der Waals surface area contributed by atoms with Crippen molar-refractivity contribution in [1.29, 1.82) is 0 Å². The quantitative estimate of drug-likeness (QED) is 0.898. The van der Waals surface area contributed by atoms with Gasteiger partial charge in [0, 0.05) is 0 Å². The number of fused-ring (bicyclic) bond motifs is 1. The third-order valence-corrected chi connectivity index (χ3v) is 4.61. The van der Waals surface area contributed by atoms with Crippen LogP contribution in [0.2, 0.25) is 0 Å². The van der Waals surface area contributed by atoms with Gasteiger partial charge in [0.25, 0.3) is 0 Å². The van der Waals surface area contributed by atoms with Gasteiger partial charge >= 0.3 is 0 Å². The first-order valence-electron chi connectivity index (χ1n) is 8.56. The minimum Gasteiger partial charge on any atom is -0.489 e. The highest BCUT2D eigenvalue weighted by molar-refractivity contribution is 6.02. The van der Waals surface area contributed by atoms with Crippen LogP contribution in [0.4, 0.5) is 5.69 Å². The lowest BCUT2D eigenvalue weighted by atomic mass is 9.94. The molecule has 1 saturated carbocycles. The molecule has 0 bridgehead atoms. The SMILES string of the molecule is CC(C)Oc1ccccc1NC(=O)C1(c2ccc3c(c2)OCO3)CC1. The van der Waals surface area contributed by atoms with Crippen LogP contribution in [0.25, 0.3) is 0 Å². The predicted octanol–water partition coefficient (Wildman–Crippen LogP) is 3.87. The largest absolute Gasteiger partial charge is 0.489 e. The maximum absolute atomic E-state index is 13.0. The molecule has 1 aliphatic heterocycles. The fraction of sp³-hybridized carbons (Fsp3) is 0.350. The lowest BCUT2D eigenvalue weighted by molar-refractivity contribution is -0.118. The molecule has 0 atom stereocenters. The highest BCUT2D eigenvalue weighted by Crippen LogP contribution is 2.51. The summed E-state index contributed by atoms with van der Waals surface area (Å²) in [6.07, 6.45) is 1.69. The molecule has 2 aliphatic rings. The molecule has 1 heterocycles. The second kappa shape index (κ2) is 5.99. The minimum atomic E-state index is -0.494. The maximum Gasteiger partial charge on any atom is 0.235 e. The molecule has 130 valence electrons. The average Bonchev–Trinajstić information content (AvgIpc) is 3.27. The van der Waals surface area contributed by atoms with E-state index in [1.54, 1.807) is 0 Å². The molecule has 1 amide bonds. The molecule has 5 heteroatoms. The van der Waals surface area contributed by atoms with Crippen molar-refractivity contribution in [3.8, 4) is 17.2 Å². The van der Waals surface area contributed by atoms with Crippen molar-refractivity contribution in [2.24, 2.45) is 0 Å². The van der Waals surface area contributed by atoms with Crippen LogP contribution in [-0.4, -0.2) is 18.8 Å². The molecule has 1 fully saturated rings. The van der Waals surface area contributed by atoms with Gasteiger partial charge in [-0.15, -0.1) is 0 Å². The zero-order chi connectivity index (χ0) is 17.4. The van der Waals surface area contributed by atoms with Gasteiger partial charge in [0.15, 0.2) is 11.5 Å². The van der Waals surface area contributed by atoms with Gasteiger partial charge in [-0.05, 0) is 56.5 Å². The Labute approximate surface area is 146 Å². The van der Waals surface area contributed by atoms with Gasteiger partial charge in [0.05, 0.1) is 17.2 Å². The number of carbonyl (C=O) groups excluding carboxylic acids is 1. The van der Waals surface area contributed by atoms with E-state index in [0.29, 0.717) is 17.2 Å². The second-order valence-electron chi connectivity index (χ2n) is 6.77. The standard InChI is InChI=1S/C20H21NO4/c1-13(2)25-16-6-4-3-5-15(16)21-19(22)20(9-10-20)14-7-8-17-18(11-14)24-12-23-17/h3-8,11,13H,9-10,12H2,1-2H3,(H,21,22). The molecule has 25 heavy (non-hydrogen) atoms. The summed E-state index contributed by atoms with van der Waals surface area (Å²) < 4.78 is 16.6. The first-order valence-corrected chi connectivity index (χ1v) is 8.56. The summed E-state index contributed by atoms with van der Waals surface area (Å²) in [5, 5.41) is 3.05. The molecular weight excluding hydrogens is 318 g/mol. The van der Waals surface area contributed by atoms with Crippen LogP contribution in [0, 0.1) is 0 Å². The number of hydrogen-bond donors (Lipinski definition) is 1. The number of nitrogens with one attached hydrogen (secondary N) is 1. The summed E-state index contributed by atoms with van der Waals surface area (Å²) in [4.78, 5) is 13.0. The molecule has 0 aromatic heterocycles. The minimum absolute atomic E-state index is 0.00817. The number of amides is 1. The summed E-state index contributed by atoms with van der Waals surface area (Å²) >= 11 is 0. The number of hydrogen-bond acceptors (Lipinski definition) is 4. The van der Waals surface area contributed by atoms with Gasteiger partial charge in [-0.1, -0.05) is 18.2 Å². The van der Waals surface area contributed by atoms with Crippen molar-refractivity contribution in [3.63, 3.8) is 0 Å². The summed E-state index contributed by atoms with van der Waals surface area (Å²) in [7, 11) is 0. The Morgan fingerprint density at radius 3 is 2.64 bits per heavy atom. The summed E-state index contributed by atoms with van der Waals surface area (Å²) in [5.41, 5.74) is 1.18. The fourth-order valence-electron chi connectivity index (χ4n) is 3.13. The molecule has 1 aliphatic carbocycles. The van der Waals surface area contributed by atoms with Gasteiger partial charge in [-0.25, -0.2) is 0 Å². The number of anilines is 1. The van der Waals surface area contributed by atoms with E-state index in [-0.39, 0.29) is 18.8 Å². The van der Waals surface area contributed by atoms with Crippen LogP contribution >= 0.6 is 0 Å². The Morgan fingerprint density at radius 1 is 1.12 bits per heavy atom. The third-order valence-electron chi connectivity index (χ3n) is 4.61. The normalized spacial score (nSPS) is 16.6. The van der Waals surface area contributed by atoms with Gasteiger partial charge in [0.1, 0.15) is 5.75 Å². The van der Waals surface area contributed by atoms with Gasteiger partial charge in [0.2, 0.25) is 12.7 Å². The number of para-hydroxylation sites is 2. The Balaban J connectivity index is 1.57. The summed E-state index contributed by atoms with van der Waals surface area (Å²) in [6.45, 7) is 4.17. The predicted molar refractivity (Wildman–Crippen MR) is 94.3 cm³/mol. The molecule has 0 spiro atoms. The molecular formula is C20H21NO4. The van der Waals surface area contributed by atoms with Crippen LogP contribution in [0.1, 0.15) is 32.3 Å².